The molecule has 26 nitrogen and oxygen atoms in total. The summed E-state index contributed by atoms with van der Waals surface area (Å²) in [5.74, 6) is -9.86. The van der Waals surface area contributed by atoms with Gasteiger partial charge in [-0.25, -0.2) is 0 Å². The van der Waals surface area contributed by atoms with E-state index in [2.05, 4.69) is 26.6 Å². The highest BCUT2D eigenvalue weighted by Crippen LogP contribution is 2.32. The van der Waals surface area contributed by atoms with Crippen LogP contribution in [0.25, 0.3) is 0 Å². The summed E-state index contributed by atoms with van der Waals surface area (Å²) in [6, 6.07) is -13.5. The van der Waals surface area contributed by atoms with Crippen LogP contribution in [0, 0.1) is 41.4 Å². The Balaban J connectivity index is 4.57. The quantitative estimate of drug-likeness (QED) is 0.0528. The van der Waals surface area contributed by atoms with E-state index in [1.54, 1.807) is 48.5 Å². The van der Waals surface area contributed by atoms with Crippen molar-refractivity contribution in [2.45, 2.75) is 280 Å². The number of hydrogen-bond acceptors (Lipinski definition) is 15. The monoisotopic (exact) mass is 1430 g/mol. The van der Waals surface area contributed by atoms with Gasteiger partial charge in [0.05, 0.1) is 13.5 Å². The zero-order valence-corrected chi connectivity index (χ0v) is 66.9. The second-order valence-electron chi connectivity index (χ2n) is 31.0. The summed E-state index contributed by atoms with van der Waals surface area (Å²) in [6.45, 7) is 34.1. The Morgan fingerprint density at radius 2 is 0.870 bits per heavy atom. The third-order valence-electron chi connectivity index (χ3n) is 18.9. The van der Waals surface area contributed by atoms with Crippen LogP contribution in [0.3, 0.4) is 0 Å². The molecule has 0 bridgehead atoms. The van der Waals surface area contributed by atoms with Crippen LogP contribution < -0.4 is 26.6 Å². The molecular formula is C73H132N12O14S. The molecule has 0 aliphatic carbocycles. The van der Waals surface area contributed by atoms with Crippen LogP contribution in [0.15, 0.2) is 0 Å². The highest BCUT2D eigenvalue weighted by atomic mass is 32.2. The molecule has 0 radical (unpaired) electrons. The maximum absolute atomic E-state index is 15.5. The van der Waals surface area contributed by atoms with Gasteiger partial charge in [0.2, 0.25) is 70.9 Å². The molecule has 0 aromatic rings. The van der Waals surface area contributed by atoms with Crippen molar-refractivity contribution in [1.82, 2.24) is 60.9 Å². The minimum Gasteiger partial charge on any atom is -0.469 e. The van der Waals surface area contributed by atoms with E-state index < -0.39 is 154 Å². The summed E-state index contributed by atoms with van der Waals surface area (Å²) in [5, 5.41) is 14.1. The van der Waals surface area contributed by atoms with Crippen molar-refractivity contribution in [1.29, 1.82) is 0 Å². The Morgan fingerprint density at radius 3 is 1.34 bits per heavy atom. The number of esters is 1. The number of nitrogens with zero attached hydrogens (tertiary/aromatic N) is 7. The smallest absolute Gasteiger partial charge is 0.306 e. The third kappa shape index (κ3) is 28.4. The number of hydrogen-bond donors (Lipinski definition) is 5. The lowest BCUT2D eigenvalue weighted by Crippen LogP contribution is -2.62. The van der Waals surface area contributed by atoms with Gasteiger partial charge in [-0.15, -0.1) is 0 Å². The van der Waals surface area contributed by atoms with Crippen molar-refractivity contribution >= 4 is 88.6 Å². The van der Waals surface area contributed by atoms with Crippen LogP contribution in [-0.2, 0) is 67.1 Å². The van der Waals surface area contributed by atoms with Crippen molar-refractivity contribution in [3.63, 3.8) is 0 Å². The van der Waals surface area contributed by atoms with Crippen LogP contribution in [0.4, 0.5) is 0 Å². The number of nitrogens with one attached hydrogen (secondary N) is 5. The summed E-state index contributed by atoms with van der Waals surface area (Å²) in [4.78, 5) is 198. The van der Waals surface area contributed by atoms with Crippen LogP contribution in [-0.4, -0.2) is 251 Å². The number of thioether (sulfide) groups is 1. The average Bonchev–Trinajstić information content (AvgIpc) is 0.808. The van der Waals surface area contributed by atoms with Gasteiger partial charge < -0.3 is 65.6 Å². The average molecular weight is 1430 g/mol. The fraction of sp³-hybridized carbons (Fsp3) is 0.822. The van der Waals surface area contributed by atoms with E-state index in [-0.39, 0.29) is 86.2 Å². The maximum Gasteiger partial charge on any atom is 0.306 e. The minimum atomic E-state index is -1.34. The summed E-state index contributed by atoms with van der Waals surface area (Å²) in [7, 11) is 11.5. The van der Waals surface area contributed by atoms with Gasteiger partial charge in [-0.05, 0) is 100 Å². The zero-order valence-electron chi connectivity index (χ0n) is 66.0. The lowest BCUT2D eigenvalue weighted by molar-refractivity contribution is -0.156. The number of carbonyl (C=O) groups excluding carboxylic acids is 13. The van der Waals surface area contributed by atoms with Gasteiger partial charge in [-0.3, -0.25) is 62.3 Å². The molecule has 27 heteroatoms. The van der Waals surface area contributed by atoms with Gasteiger partial charge in [0.1, 0.15) is 66.5 Å². The molecule has 0 saturated carbocycles. The van der Waals surface area contributed by atoms with Crippen molar-refractivity contribution in [2.24, 2.45) is 41.4 Å². The molecule has 1 unspecified atom stereocenters. The Kier molecular flexibility index (Phi) is 39.1. The molecule has 100 heavy (non-hydrogen) atoms. The highest BCUT2D eigenvalue weighted by Gasteiger charge is 2.45. The van der Waals surface area contributed by atoms with Crippen molar-refractivity contribution < 1.29 is 67.1 Å². The molecule has 12 atom stereocenters. The maximum atomic E-state index is 15.5. The second kappa shape index (κ2) is 42.8. The van der Waals surface area contributed by atoms with Gasteiger partial charge in [-0.2, -0.15) is 11.8 Å². The number of likely N-dealkylation sites (N-methyl/N-ethyl adjacent to an activating group) is 7. The topological polar surface area (TPSA) is 314 Å². The van der Waals surface area contributed by atoms with E-state index in [4.69, 9.17) is 4.74 Å². The molecule has 5 N–H and O–H groups in total. The lowest BCUT2D eigenvalue weighted by atomic mass is 9.92. The minimum absolute atomic E-state index is 0.0204. The number of methoxy groups -OCH3 is 1. The van der Waals surface area contributed by atoms with Crippen molar-refractivity contribution in [3.05, 3.63) is 0 Å². The summed E-state index contributed by atoms with van der Waals surface area (Å²) in [5.41, 5.74) is 0. The third-order valence-corrected chi connectivity index (χ3v) is 20.3. The van der Waals surface area contributed by atoms with Crippen molar-refractivity contribution in [3.8, 4) is 0 Å². The lowest BCUT2D eigenvalue weighted by Gasteiger charge is -2.41. The molecule has 0 spiro atoms. The molecule has 574 valence electrons. The van der Waals surface area contributed by atoms with Crippen LogP contribution in [0.1, 0.15) is 209 Å². The first kappa shape index (κ1) is 91.5. The first-order valence-electron chi connectivity index (χ1n) is 36.2. The SMILES string of the molecule is CC[C@@H]1NC(=O)[C@H](C[C@H](C)CCCCCCNC(C)=O)N(C)C(=O)[C@H](C(C)C)N(C)C(=O)[C@H](CC(C)C)N(C)C(=O)[C@@H](CC(C)C)N(C)C(=O)C(C)NC(=O)[C@@H](C)NC(=O)[C@@H](CC(C)C)N(C)C(=O)[C@@H](C(C)C)NC(=O)[C@H](CC(C)C)N(C)C(=O)[C@@H](CSC(C)(C)CC(=O)OC)N(C)C1=O. The molecule has 1 aliphatic rings. The number of carbonyl (C=O) groups is 13. The normalized spacial score (nSPS) is 25.0. The molecular weight excluding hydrogens is 1300 g/mol. The number of ether oxygens (including phenoxy) is 1. The second-order valence-corrected chi connectivity index (χ2v) is 32.7. The van der Waals surface area contributed by atoms with E-state index in [9.17, 15) is 28.8 Å². The summed E-state index contributed by atoms with van der Waals surface area (Å²) < 4.78 is 4.16. The Labute approximate surface area is 603 Å². The van der Waals surface area contributed by atoms with Gasteiger partial charge >= 0.3 is 5.97 Å². The fourth-order valence-corrected chi connectivity index (χ4v) is 13.8. The van der Waals surface area contributed by atoms with E-state index in [1.807, 2.05) is 62.3 Å². The molecule has 0 aromatic heterocycles. The Morgan fingerprint density at radius 1 is 0.470 bits per heavy atom. The molecule has 1 fully saturated rings. The van der Waals surface area contributed by atoms with Crippen molar-refractivity contribution in [2.75, 3.05) is 68.7 Å². The van der Waals surface area contributed by atoms with Crippen LogP contribution in [0.2, 0.25) is 0 Å². The fourth-order valence-electron chi connectivity index (χ4n) is 12.6. The first-order valence-corrected chi connectivity index (χ1v) is 37.2. The van der Waals surface area contributed by atoms with Gasteiger partial charge in [0.25, 0.3) is 0 Å². The predicted molar refractivity (Wildman–Crippen MR) is 391 cm³/mol. The van der Waals surface area contributed by atoms with E-state index in [0.717, 1.165) is 25.7 Å². The summed E-state index contributed by atoms with van der Waals surface area (Å²) in [6.07, 6.45) is 4.49. The first-order chi connectivity index (χ1) is 46.2. The Hall–Kier alpha value is -6.54. The predicted octanol–water partition coefficient (Wildman–Crippen LogP) is 5.86. The van der Waals surface area contributed by atoms with Crippen LogP contribution >= 0.6 is 11.8 Å². The zero-order chi connectivity index (χ0) is 77.3. The van der Waals surface area contributed by atoms with Gasteiger partial charge in [-0.1, -0.05) is 136 Å². The Bertz CT molecular complexity index is 2750. The molecule has 1 rings (SSSR count). The highest BCUT2D eigenvalue weighted by molar-refractivity contribution is 8.00. The molecule has 12 amide bonds. The summed E-state index contributed by atoms with van der Waals surface area (Å²) >= 11 is 1.22. The number of amides is 12. The standard InChI is InChI=1S/C73H132N12O14S/c1-28-52-67(93)84(25)58(41-100-73(18,19)40-59(87)99-27)70(96)79(20)54(36-43(4)5)65(91)78-60(46(10)11)71(97)80(21)53(35-42(2)3)63(89)75-49(15)62(88)76-50(16)66(92)82(23)56(37-44(6)7)68(94)83(24)57(38-45(8)9)69(95)85(26)61(47(12)13)72(98)81(22)55(64(90)77-52)39-48(14)33-31-29-30-32-34-74-51(17)86/h42-50,52-58,60-61H,28-41H2,1-27H3,(H,74,86)(H,75,89)(H,76,88)(H,77,90)(H,78,91)/t48-,49-,50?,52+,53-,54+,55+,56-,57+,58-,60-,61+/m1/s1. The van der Waals surface area contributed by atoms with E-state index >= 15 is 33.6 Å². The molecule has 1 saturated heterocycles. The largest absolute Gasteiger partial charge is 0.469 e. The van der Waals surface area contributed by atoms with E-state index in [1.165, 1.54) is 123 Å². The number of unbranched alkanes of at least 4 members (excludes halogenated alkanes) is 3. The van der Waals surface area contributed by atoms with Gasteiger partial charge in [0, 0.05) is 73.3 Å². The van der Waals surface area contributed by atoms with Crippen LogP contribution in [0.5, 0.6) is 0 Å². The molecule has 1 heterocycles. The van der Waals surface area contributed by atoms with E-state index in [0.29, 0.717) is 13.0 Å². The van der Waals surface area contributed by atoms with Gasteiger partial charge in [0.15, 0.2) is 0 Å². The molecule has 0 aromatic carbocycles. The molecule has 1 aliphatic heterocycles. The number of rotatable bonds is 25.